The summed E-state index contributed by atoms with van der Waals surface area (Å²) >= 11 is 7.49. The van der Waals surface area contributed by atoms with E-state index in [9.17, 15) is 9.59 Å². The lowest BCUT2D eigenvalue weighted by molar-refractivity contribution is -0.114. The predicted octanol–water partition coefficient (Wildman–Crippen LogP) is 5.90. The highest BCUT2D eigenvalue weighted by Gasteiger charge is 2.27. The van der Waals surface area contributed by atoms with Crippen molar-refractivity contribution >= 4 is 46.9 Å². The lowest BCUT2D eigenvalue weighted by Crippen LogP contribution is -2.35. The van der Waals surface area contributed by atoms with Gasteiger partial charge in [-0.05, 0) is 54.8 Å². The maximum atomic E-state index is 12.9. The van der Waals surface area contributed by atoms with E-state index in [1.165, 1.54) is 37.4 Å². The van der Waals surface area contributed by atoms with Crippen LogP contribution in [0.4, 0.5) is 5.69 Å². The predicted molar refractivity (Wildman–Crippen MR) is 124 cm³/mol. The lowest BCUT2D eigenvalue weighted by atomic mass is 10.1. The molecule has 0 radical (unpaired) electrons. The van der Waals surface area contributed by atoms with E-state index in [0.29, 0.717) is 15.5 Å². The highest BCUT2D eigenvalue weighted by molar-refractivity contribution is 8.04. The fourth-order valence-electron chi connectivity index (χ4n) is 3.98. The molecule has 1 fully saturated rings. The first-order chi connectivity index (χ1) is 14.5. The molecule has 4 rings (SSSR count). The Morgan fingerprint density at radius 1 is 1.13 bits per heavy atom. The summed E-state index contributed by atoms with van der Waals surface area (Å²) in [6, 6.07) is 13.3. The van der Waals surface area contributed by atoms with E-state index in [2.05, 4.69) is 5.32 Å². The van der Waals surface area contributed by atoms with Gasteiger partial charge >= 0.3 is 0 Å². The average molecular weight is 441 g/mol. The molecule has 1 aliphatic heterocycles. The molecule has 0 saturated heterocycles. The third-order valence-electron chi connectivity index (χ3n) is 5.65. The van der Waals surface area contributed by atoms with Crippen molar-refractivity contribution in [3.63, 3.8) is 0 Å². The summed E-state index contributed by atoms with van der Waals surface area (Å²) in [5, 5.41) is 3.82. The second-order valence-electron chi connectivity index (χ2n) is 7.87. The summed E-state index contributed by atoms with van der Waals surface area (Å²) in [5.74, 6) is -0.149. The van der Waals surface area contributed by atoms with E-state index in [-0.39, 0.29) is 17.9 Å². The van der Waals surface area contributed by atoms with E-state index in [0.717, 1.165) is 29.0 Å². The van der Waals surface area contributed by atoms with Crippen LogP contribution in [-0.2, 0) is 4.79 Å². The molecular weight excluding hydrogens is 416 g/mol. The van der Waals surface area contributed by atoms with E-state index in [1.807, 2.05) is 48.5 Å². The van der Waals surface area contributed by atoms with Crippen molar-refractivity contribution in [1.29, 1.82) is 0 Å². The first kappa shape index (κ1) is 21.0. The van der Waals surface area contributed by atoms with Gasteiger partial charge in [0, 0.05) is 28.6 Å². The first-order valence-corrected chi connectivity index (χ1v) is 11.6. The number of nitrogens with zero attached hydrogens (tertiary/aromatic N) is 1. The summed E-state index contributed by atoms with van der Waals surface area (Å²) in [7, 11) is 1.75. The number of hydrogen-bond acceptors (Lipinski definition) is 3. The maximum absolute atomic E-state index is 12.9. The second-order valence-corrected chi connectivity index (χ2v) is 9.39. The fourth-order valence-corrected chi connectivity index (χ4v) is 5.27. The third kappa shape index (κ3) is 4.73. The summed E-state index contributed by atoms with van der Waals surface area (Å²) in [6.07, 6.45) is 8.78. The van der Waals surface area contributed by atoms with Gasteiger partial charge in [-0.3, -0.25) is 9.59 Å². The SMILES string of the molecule is CN1C(=O)C(=Cc2cccc(Cl)c2)Sc2ccc(C(=O)NC3CCCCCC3)cc21. The molecule has 0 atom stereocenters. The molecule has 30 heavy (non-hydrogen) atoms. The van der Waals surface area contributed by atoms with Crippen LogP contribution >= 0.6 is 23.4 Å². The Balaban J connectivity index is 1.54. The van der Waals surface area contributed by atoms with Gasteiger partial charge in [-0.25, -0.2) is 0 Å². The third-order valence-corrected chi connectivity index (χ3v) is 6.97. The van der Waals surface area contributed by atoms with Gasteiger partial charge < -0.3 is 10.2 Å². The van der Waals surface area contributed by atoms with Crippen molar-refractivity contribution < 1.29 is 9.59 Å². The molecule has 0 bridgehead atoms. The monoisotopic (exact) mass is 440 g/mol. The van der Waals surface area contributed by atoms with Crippen LogP contribution in [0.5, 0.6) is 0 Å². The van der Waals surface area contributed by atoms with Crippen LogP contribution < -0.4 is 10.2 Å². The van der Waals surface area contributed by atoms with Crippen LogP contribution in [0.15, 0.2) is 52.3 Å². The molecule has 2 aliphatic rings. The van der Waals surface area contributed by atoms with Crippen LogP contribution in [0, 0.1) is 0 Å². The lowest BCUT2D eigenvalue weighted by Gasteiger charge is -2.27. The van der Waals surface area contributed by atoms with Crippen LogP contribution in [0.2, 0.25) is 5.02 Å². The number of benzene rings is 2. The molecule has 156 valence electrons. The molecule has 0 aromatic heterocycles. The Morgan fingerprint density at radius 3 is 2.63 bits per heavy atom. The number of nitrogens with one attached hydrogen (secondary N) is 1. The molecule has 2 aromatic rings. The number of carbonyl (C=O) groups is 2. The van der Waals surface area contributed by atoms with Gasteiger partial charge in [0.2, 0.25) is 0 Å². The number of rotatable bonds is 3. The van der Waals surface area contributed by atoms with Crippen molar-refractivity contribution in [2.45, 2.75) is 49.5 Å². The Bertz CT molecular complexity index is 996. The Morgan fingerprint density at radius 2 is 1.90 bits per heavy atom. The van der Waals surface area contributed by atoms with Crippen molar-refractivity contribution in [1.82, 2.24) is 5.32 Å². The standard InChI is InChI=1S/C24H25ClN2O2S/c1-27-20-15-17(23(28)26-19-9-4-2-3-5-10-19)11-12-21(20)30-22(24(27)29)14-16-7-6-8-18(25)13-16/h6-8,11-15,19H,2-5,9-10H2,1H3,(H,26,28). The average Bonchev–Trinajstić information content (AvgIpc) is 3.00. The van der Waals surface area contributed by atoms with E-state index in [4.69, 9.17) is 11.6 Å². The quantitative estimate of drug-likeness (QED) is 0.477. The highest BCUT2D eigenvalue weighted by Crippen LogP contribution is 2.42. The number of anilines is 1. The smallest absolute Gasteiger partial charge is 0.264 e. The minimum Gasteiger partial charge on any atom is -0.349 e. The molecule has 4 nitrogen and oxygen atoms in total. The van der Waals surface area contributed by atoms with Gasteiger partial charge in [0.15, 0.2) is 0 Å². The van der Waals surface area contributed by atoms with Crippen LogP contribution in [0.1, 0.15) is 54.4 Å². The van der Waals surface area contributed by atoms with Crippen LogP contribution in [0.25, 0.3) is 6.08 Å². The van der Waals surface area contributed by atoms with E-state index < -0.39 is 0 Å². The Hall–Kier alpha value is -2.24. The molecule has 6 heteroatoms. The normalized spacial score (nSPS) is 18.8. The van der Waals surface area contributed by atoms with Gasteiger partial charge in [-0.15, -0.1) is 0 Å². The summed E-state index contributed by atoms with van der Waals surface area (Å²) in [4.78, 5) is 28.9. The first-order valence-electron chi connectivity index (χ1n) is 10.4. The number of carbonyl (C=O) groups excluding carboxylic acids is 2. The minimum atomic E-state index is -0.0891. The number of fused-ring (bicyclic) bond motifs is 1. The minimum absolute atomic E-state index is 0.0594. The van der Waals surface area contributed by atoms with Crippen LogP contribution in [0.3, 0.4) is 0 Å². The zero-order valence-corrected chi connectivity index (χ0v) is 18.6. The molecule has 1 saturated carbocycles. The zero-order chi connectivity index (χ0) is 21.1. The molecule has 0 spiro atoms. The molecular formula is C24H25ClN2O2S. The summed E-state index contributed by atoms with van der Waals surface area (Å²) in [6.45, 7) is 0. The molecule has 1 aliphatic carbocycles. The molecule has 0 unspecified atom stereocenters. The second kappa shape index (κ2) is 9.27. The number of likely N-dealkylation sites (N-methyl/N-ethyl adjacent to an activating group) is 1. The summed E-state index contributed by atoms with van der Waals surface area (Å²) in [5.41, 5.74) is 2.25. The zero-order valence-electron chi connectivity index (χ0n) is 17.0. The van der Waals surface area contributed by atoms with Gasteiger partial charge in [-0.1, -0.05) is 61.2 Å². The molecule has 1 heterocycles. The number of thioether (sulfide) groups is 1. The van der Waals surface area contributed by atoms with Gasteiger partial charge in [0.25, 0.3) is 11.8 Å². The molecule has 2 aromatic carbocycles. The fraction of sp³-hybridized carbons (Fsp3) is 0.333. The highest BCUT2D eigenvalue weighted by atomic mass is 35.5. The topological polar surface area (TPSA) is 49.4 Å². The number of amides is 2. The Kier molecular flexibility index (Phi) is 6.49. The number of hydrogen-bond donors (Lipinski definition) is 1. The van der Waals surface area contributed by atoms with E-state index >= 15 is 0 Å². The van der Waals surface area contributed by atoms with Crippen molar-refractivity contribution in [2.24, 2.45) is 0 Å². The van der Waals surface area contributed by atoms with Gasteiger partial charge in [0.1, 0.15) is 0 Å². The van der Waals surface area contributed by atoms with Crippen molar-refractivity contribution in [3.8, 4) is 0 Å². The van der Waals surface area contributed by atoms with Crippen molar-refractivity contribution in [3.05, 3.63) is 63.5 Å². The van der Waals surface area contributed by atoms with E-state index in [1.54, 1.807) is 11.9 Å². The van der Waals surface area contributed by atoms with Gasteiger partial charge in [-0.2, -0.15) is 0 Å². The molecule has 2 amide bonds. The maximum Gasteiger partial charge on any atom is 0.264 e. The number of halogens is 1. The Labute approximate surface area is 186 Å². The van der Waals surface area contributed by atoms with Crippen molar-refractivity contribution in [2.75, 3.05) is 11.9 Å². The van der Waals surface area contributed by atoms with Crippen LogP contribution in [-0.4, -0.2) is 24.9 Å². The van der Waals surface area contributed by atoms with Gasteiger partial charge in [0.05, 0.1) is 10.6 Å². The largest absolute Gasteiger partial charge is 0.349 e. The molecule has 1 N–H and O–H groups in total. The summed E-state index contributed by atoms with van der Waals surface area (Å²) < 4.78 is 0.